The van der Waals surface area contributed by atoms with Crippen molar-refractivity contribution >= 4 is 11.8 Å². The van der Waals surface area contributed by atoms with Crippen molar-refractivity contribution in [1.82, 2.24) is 15.1 Å². The van der Waals surface area contributed by atoms with E-state index in [0.29, 0.717) is 18.7 Å². The van der Waals surface area contributed by atoms with Crippen LogP contribution in [0.1, 0.15) is 41.3 Å². The van der Waals surface area contributed by atoms with Gasteiger partial charge in [0.1, 0.15) is 5.75 Å². The number of likely N-dealkylation sites (tertiary alicyclic amines) is 1. The Hall–Kier alpha value is -2.86. The SMILES string of the molecule is COc1ccc(CC(C)N(C)CC(=O)NCc2ccc(C(=O)N3CCCC3)cc2)cc1. The van der Waals surface area contributed by atoms with E-state index in [9.17, 15) is 9.59 Å². The third-order valence-electron chi connectivity index (χ3n) is 5.92. The summed E-state index contributed by atoms with van der Waals surface area (Å²) in [5.41, 5.74) is 2.91. The first-order valence-corrected chi connectivity index (χ1v) is 10.9. The summed E-state index contributed by atoms with van der Waals surface area (Å²) in [6.45, 7) is 4.61. The maximum atomic E-state index is 12.4. The van der Waals surface area contributed by atoms with E-state index in [0.717, 1.165) is 43.7 Å². The lowest BCUT2D eigenvalue weighted by Crippen LogP contribution is -2.40. The third kappa shape index (κ3) is 6.56. The number of amides is 2. The predicted molar refractivity (Wildman–Crippen MR) is 122 cm³/mol. The van der Waals surface area contributed by atoms with Crippen LogP contribution in [0.3, 0.4) is 0 Å². The van der Waals surface area contributed by atoms with Gasteiger partial charge < -0.3 is 15.0 Å². The van der Waals surface area contributed by atoms with Gasteiger partial charge in [-0.05, 0) is 68.6 Å². The van der Waals surface area contributed by atoms with Crippen LogP contribution in [0.4, 0.5) is 0 Å². The van der Waals surface area contributed by atoms with Gasteiger partial charge in [0.05, 0.1) is 13.7 Å². The average molecular weight is 424 g/mol. The van der Waals surface area contributed by atoms with Gasteiger partial charge in [0.2, 0.25) is 5.91 Å². The Kier molecular flexibility index (Phi) is 8.06. The van der Waals surface area contributed by atoms with Crippen molar-refractivity contribution in [2.75, 3.05) is 33.8 Å². The average Bonchev–Trinajstić information content (AvgIpc) is 3.33. The third-order valence-corrected chi connectivity index (χ3v) is 5.92. The van der Waals surface area contributed by atoms with Crippen LogP contribution in [0.15, 0.2) is 48.5 Å². The van der Waals surface area contributed by atoms with Crippen molar-refractivity contribution in [3.05, 3.63) is 65.2 Å². The maximum Gasteiger partial charge on any atom is 0.253 e. The number of benzene rings is 2. The van der Waals surface area contributed by atoms with Crippen LogP contribution in [-0.4, -0.2) is 61.4 Å². The second kappa shape index (κ2) is 11.0. The largest absolute Gasteiger partial charge is 0.497 e. The van der Waals surface area contributed by atoms with Gasteiger partial charge in [-0.25, -0.2) is 0 Å². The number of nitrogens with zero attached hydrogens (tertiary/aromatic N) is 2. The van der Waals surface area contributed by atoms with E-state index in [4.69, 9.17) is 4.74 Å². The van der Waals surface area contributed by atoms with Gasteiger partial charge in [-0.15, -0.1) is 0 Å². The molecule has 0 bridgehead atoms. The quantitative estimate of drug-likeness (QED) is 0.673. The Labute approximate surface area is 185 Å². The first-order valence-electron chi connectivity index (χ1n) is 10.9. The van der Waals surface area contributed by atoms with E-state index in [1.807, 2.05) is 48.3 Å². The highest BCUT2D eigenvalue weighted by Crippen LogP contribution is 2.15. The number of methoxy groups -OCH3 is 1. The number of hydrogen-bond acceptors (Lipinski definition) is 4. The van der Waals surface area contributed by atoms with Crippen LogP contribution in [0, 0.1) is 0 Å². The minimum atomic E-state index is -0.0127. The summed E-state index contributed by atoms with van der Waals surface area (Å²) >= 11 is 0. The molecule has 6 heteroatoms. The van der Waals surface area contributed by atoms with Crippen LogP contribution in [0.25, 0.3) is 0 Å². The molecule has 166 valence electrons. The van der Waals surface area contributed by atoms with Crippen molar-refractivity contribution in [2.45, 2.75) is 38.8 Å². The molecular formula is C25H33N3O3. The molecule has 6 nitrogen and oxygen atoms in total. The van der Waals surface area contributed by atoms with E-state index in [-0.39, 0.29) is 17.9 Å². The summed E-state index contributed by atoms with van der Waals surface area (Å²) in [6.07, 6.45) is 3.03. The van der Waals surface area contributed by atoms with Crippen LogP contribution < -0.4 is 10.1 Å². The lowest BCUT2D eigenvalue weighted by atomic mass is 10.1. The molecule has 0 saturated carbocycles. The Morgan fingerprint density at radius 1 is 1.03 bits per heavy atom. The van der Waals surface area contributed by atoms with Gasteiger partial charge in [-0.2, -0.15) is 0 Å². The number of carbonyl (C=O) groups excluding carboxylic acids is 2. The molecule has 3 rings (SSSR count). The molecule has 1 aliphatic heterocycles. The Morgan fingerprint density at radius 2 is 1.65 bits per heavy atom. The molecule has 1 atom stereocenters. The number of rotatable bonds is 9. The second-order valence-corrected chi connectivity index (χ2v) is 8.29. The smallest absolute Gasteiger partial charge is 0.253 e. The topological polar surface area (TPSA) is 61.9 Å². The van der Waals surface area contributed by atoms with E-state index < -0.39 is 0 Å². The normalized spacial score (nSPS) is 14.5. The lowest BCUT2D eigenvalue weighted by Gasteiger charge is -2.24. The van der Waals surface area contributed by atoms with E-state index in [2.05, 4.69) is 29.3 Å². The van der Waals surface area contributed by atoms with E-state index in [1.54, 1.807) is 7.11 Å². The molecule has 1 saturated heterocycles. The van der Waals surface area contributed by atoms with E-state index in [1.165, 1.54) is 5.56 Å². The van der Waals surface area contributed by atoms with Crippen LogP contribution in [-0.2, 0) is 17.8 Å². The number of ether oxygens (including phenoxy) is 1. The number of hydrogen-bond donors (Lipinski definition) is 1. The van der Waals surface area contributed by atoms with Crippen molar-refractivity contribution in [1.29, 1.82) is 0 Å². The van der Waals surface area contributed by atoms with Crippen LogP contribution >= 0.6 is 0 Å². The Bertz CT molecular complexity index is 859. The zero-order valence-electron chi connectivity index (χ0n) is 18.8. The predicted octanol–water partition coefficient (Wildman–Crippen LogP) is 3.11. The molecule has 0 aliphatic carbocycles. The molecule has 0 radical (unpaired) electrons. The molecule has 2 aromatic rings. The molecule has 2 aromatic carbocycles. The van der Waals surface area contributed by atoms with Crippen molar-refractivity contribution < 1.29 is 14.3 Å². The summed E-state index contributed by atoms with van der Waals surface area (Å²) in [5, 5.41) is 2.97. The highest BCUT2D eigenvalue weighted by atomic mass is 16.5. The summed E-state index contributed by atoms with van der Waals surface area (Å²) in [7, 11) is 3.62. The monoisotopic (exact) mass is 423 g/mol. The lowest BCUT2D eigenvalue weighted by molar-refractivity contribution is -0.122. The van der Waals surface area contributed by atoms with Crippen molar-refractivity contribution in [2.24, 2.45) is 0 Å². The molecule has 31 heavy (non-hydrogen) atoms. The summed E-state index contributed by atoms with van der Waals surface area (Å²) in [6, 6.07) is 15.8. The Balaban J connectivity index is 1.42. The number of carbonyl (C=O) groups is 2. The molecule has 1 aliphatic rings. The highest BCUT2D eigenvalue weighted by Gasteiger charge is 2.19. The van der Waals surface area contributed by atoms with Crippen molar-refractivity contribution in [3.8, 4) is 5.75 Å². The fourth-order valence-corrected chi connectivity index (χ4v) is 3.77. The molecule has 1 unspecified atom stereocenters. The maximum absolute atomic E-state index is 12.4. The minimum absolute atomic E-state index is 0.0127. The fourth-order valence-electron chi connectivity index (χ4n) is 3.77. The van der Waals surface area contributed by atoms with Gasteiger partial charge in [0.15, 0.2) is 0 Å². The zero-order chi connectivity index (χ0) is 22.2. The molecular weight excluding hydrogens is 390 g/mol. The fraction of sp³-hybridized carbons (Fsp3) is 0.440. The minimum Gasteiger partial charge on any atom is -0.497 e. The summed E-state index contributed by atoms with van der Waals surface area (Å²) in [4.78, 5) is 28.8. The molecule has 1 heterocycles. The van der Waals surface area contributed by atoms with Crippen LogP contribution in [0.5, 0.6) is 5.75 Å². The van der Waals surface area contributed by atoms with Gasteiger partial charge in [-0.3, -0.25) is 14.5 Å². The van der Waals surface area contributed by atoms with E-state index >= 15 is 0 Å². The van der Waals surface area contributed by atoms with Gasteiger partial charge in [-0.1, -0.05) is 24.3 Å². The zero-order valence-corrected chi connectivity index (χ0v) is 18.8. The first-order chi connectivity index (χ1) is 15.0. The number of likely N-dealkylation sites (N-methyl/N-ethyl adjacent to an activating group) is 1. The highest BCUT2D eigenvalue weighted by molar-refractivity contribution is 5.94. The van der Waals surface area contributed by atoms with Gasteiger partial charge in [0.25, 0.3) is 5.91 Å². The van der Waals surface area contributed by atoms with Crippen LogP contribution in [0.2, 0.25) is 0 Å². The van der Waals surface area contributed by atoms with Gasteiger partial charge >= 0.3 is 0 Å². The van der Waals surface area contributed by atoms with Crippen molar-refractivity contribution in [3.63, 3.8) is 0 Å². The molecule has 0 aromatic heterocycles. The Morgan fingerprint density at radius 3 is 2.26 bits per heavy atom. The number of nitrogens with one attached hydrogen (secondary N) is 1. The first kappa shape index (κ1) is 22.8. The standard InChI is InChI=1S/C25H33N3O3/c1-19(16-20-8-12-23(31-3)13-9-20)27(2)18-24(29)26-17-21-6-10-22(11-7-21)25(30)28-14-4-5-15-28/h6-13,19H,4-5,14-18H2,1-3H3,(H,26,29). The summed E-state index contributed by atoms with van der Waals surface area (Å²) in [5.74, 6) is 0.930. The molecule has 1 fully saturated rings. The second-order valence-electron chi connectivity index (χ2n) is 8.29. The van der Waals surface area contributed by atoms with Gasteiger partial charge in [0, 0.05) is 31.2 Å². The molecule has 2 amide bonds. The summed E-state index contributed by atoms with van der Waals surface area (Å²) < 4.78 is 5.20. The molecule has 0 spiro atoms. The molecule has 1 N–H and O–H groups in total.